The number of carbonyl (C=O) groups is 1. The molecule has 48 heavy (non-hydrogen) atoms. The maximum atomic E-state index is 15.2. The van der Waals surface area contributed by atoms with Gasteiger partial charge < -0.3 is 24.4 Å². The summed E-state index contributed by atoms with van der Waals surface area (Å²) in [4.78, 5) is 28.0. The standard InChI is InChI=1S/C35H42FN5O6S/c1-22-11-12-25-26(13-14-29(36)28(25)21-48(43,44)20-23(2)45-6)31(22)46-32-27(10-7-16-37-32)30-15-17-38-33(40-30)39-24-9-8-18-41(19-24)34(42)47-35(3,4)5/h7,10-17,23-24H,8-9,18-21H2,1-6H3,(H,38,39,40)/t23-,24+/m1/s1. The van der Waals surface area contributed by atoms with E-state index in [0.717, 1.165) is 18.4 Å². The number of rotatable bonds is 10. The number of sulfone groups is 1. The summed E-state index contributed by atoms with van der Waals surface area (Å²) in [6, 6.07) is 11.6. The highest BCUT2D eigenvalue weighted by Gasteiger charge is 2.28. The van der Waals surface area contributed by atoms with Crippen LogP contribution in [0, 0.1) is 12.7 Å². The molecule has 1 N–H and O–H groups in total. The van der Waals surface area contributed by atoms with E-state index in [1.165, 1.54) is 13.2 Å². The van der Waals surface area contributed by atoms with Crippen LogP contribution in [-0.4, -0.2) is 78.1 Å². The van der Waals surface area contributed by atoms with E-state index in [-0.39, 0.29) is 29.3 Å². The van der Waals surface area contributed by atoms with Crippen LogP contribution < -0.4 is 10.1 Å². The molecule has 1 aliphatic heterocycles. The molecule has 3 heterocycles. The van der Waals surface area contributed by atoms with Crippen LogP contribution in [0.4, 0.5) is 15.1 Å². The minimum absolute atomic E-state index is 0.0689. The number of methoxy groups -OCH3 is 1. The van der Waals surface area contributed by atoms with E-state index in [0.29, 0.717) is 46.8 Å². The Hall–Kier alpha value is -4.36. The molecular formula is C35H42FN5O6S. The molecule has 2 aromatic heterocycles. The van der Waals surface area contributed by atoms with Crippen molar-refractivity contribution in [3.8, 4) is 22.9 Å². The second-order valence-electron chi connectivity index (χ2n) is 13.1. The minimum Gasteiger partial charge on any atom is -0.444 e. The van der Waals surface area contributed by atoms with E-state index in [4.69, 9.17) is 19.2 Å². The lowest BCUT2D eigenvalue weighted by molar-refractivity contribution is 0.0206. The number of benzene rings is 2. The number of piperidine rings is 1. The molecule has 1 saturated heterocycles. The van der Waals surface area contributed by atoms with Crippen LogP contribution in [-0.2, 0) is 25.1 Å². The van der Waals surface area contributed by atoms with Gasteiger partial charge in [0.2, 0.25) is 11.8 Å². The van der Waals surface area contributed by atoms with Crippen molar-refractivity contribution in [1.82, 2.24) is 19.9 Å². The Labute approximate surface area is 280 Å². The molecule has 4 aromatic rings. The molecule has 0 bridgehead atoms. The maximum absolute atomic E-state index is 15.2. The molecule has 0 saturated carbocycles. The summed E-state index contributed by atoms with van der Waals surface area (Å²) in [7, 11) is -2.24. The molecule has 1 amide bonds. The van der Waals surface area contributed by atoms with Crippen LogP contribution in [0.25, 0.3) is 22.0 Å². The number of carbonyl (C=O) groups excluding carboxylic acids is 1. The molecule has 0 unspecified atom stereocenters. The normalized spacial score (nSPS) is 16.1. The Morgan fingerprint density at radius 1 is 1.10 bits per heavy atom. The number of pyridine rings is 1. The first kappa shape index (κ1) is 35.0. The fourth-order valence-electron chi connectivity index (χ4n) is 5.62. The van der Waals surface area contributed by atoms with Gasteiger partial charge in [-0.25, -0.2) is 32.6 Å². The molecule has 1 aliphatic rings. The number of anilines is 1. The number of aryl methyl sites for hydroxylation is 1. The van der Waals surface area contributed by atoms with Gasteiger partial charge in [0.1, 0.15) is 17.2 Å². The van der Waals surface area contributed by atoms with E-state index >= 15 is 4.39 Å². The largest absolute Gasteiger partial charge is 0.444 e. The zero-order valence-corrected chi connectivity index (χ0v) is 28.9. The van der Waals surface area contributed by atoms with Crippen LogP contribution in [0.5, 0.6) is 11.6 Å². The van der Waals surface area contributed by atoms with Crippen molar-refractivity contribution in [2.24, 2.45) is 0 Å². The zero-order valence-electron chi connectivity index (χ0n) is 28.1. The van der Waals surface area contributed by atoms with Gasteiger partial charge in [0, 0.05) is 49.6 Å². The number of likely N-dealkylation sites (tertiary alicyclic amines) is 1. The SMILES string of the molecule is CO[C@H](C)CS(=O)(=O)Cc1c(F)ccc2c(Oc3ncccc3-c3ccnc(N[C@H]4CCCN(C(=O)OC(C)(C)C)C4)n3)c(C)ccc12. The number of hydrogen-bond acceptors (Lipinski definition) is 10. The predicted molar refractivity (Wildman–Crippen MR) is 182 cm³/mol. The molecule has 0 aliphatic carbocycles. The number of ether oxygens (including phenoxy) is 3. The molecule has 5 rings (SSSR count). The van der Waals surface area contributed by atoms with Crippen LogP contribution in [0.3, 0.4) is 0 Å². The summed E-state index contributed by atoms with van der Waals surface area (Å²) >= 11 is 0. The third-order valence-corrected chi connectivity index (χ3v) is 9.67. The van der Waals surface area contributed by atoms with Crippen molar-refractivity contribution >= 4 is 32.7 Å². The van der Waals surface area contributed by atoms with Crippen molar-refractivity contribution in [1.29, 1.82) is 0 Å². The van der Waals surface area contributed by atoms with Crippen molar-refractivity contribution < 1.29 is 31.8 Å². The van der Waals surface area contributed by atoms with Gasteiger partial charge in [0.15, 0.2) is 9.84 Å². The smallest absolute Gasteiger partial charge is 0.410 e. The predicted octanol–water partition coefficient (Wildman–Crippen LogP) is 6.69. The van der Waals surface area contributed by atoms with Gasteiger partial charge in [-0.15, -0.1) is 0 Å². The first-order valence-electron chi connectivity index (χ1n) is 15.9. The Morgan fingerprint density at radius 2 is 1.88 bits per heavy atom. The number of hydrogen-bond donors (Lipinski definition) is 1. The first-order valence-corrected chi connectivity index (χ1v) is 17.7. The summed E-state index contributed by atoms with van der Waals surface area (Å²) in [5.41, 5.74) is 1.39. The van der Waals surface area contributed by atoms with Gasteiger partial charge in [-0.2, -0.15) is 0 Å². The lowest BCUT2D eigenvalue weighted by Crippen LogP contribution is -2.47. The van der Waals surface area contributed by atoms with Crippen LogP contribution in [0.2, 0.25) is 0 Å². The molecule has 13 heteroatoms. The highest BCUT2D eigenvalue weighted by molar-refractivity contribution is 7.90. The second kappa shape index (κ2) is 14.4. The quantitative estimate of drug-likeness (QED) is 0.193. The molecular weight excluding hydrogens is 637 g/mol. The minimum atomic E-state index is -3.68. The van der Waals surface area contributed by atoms with Crippen molar-refractivity contribution in [2.45, 2.75) is 71.0 Å². The third-order valence-electron chi connectivity index (χ3n) is 7.97. The molecule has 2 atom stereocenters. The molecule has 256 valence electrons. The van der Waals surface area contributed by atoms with Gasteiger partial charge in [-0.3, -0.25) is 0 Å². The summed E-state index contributed by atoms with van der Waals surface area (Å²) in [5, 5.41) is 4.35. The van der Waals surface area contributed by atoms with Crippen LogP contribution in [0.15, 0.2) is 54.9 Å². The number of aromatic nitrogens is 3. The van der Waals surface area contributed by atoms with Gasteiger partial charge in [0.25, 0.3) is 0 Å². The number of halogens is 1. The van der Waals surface area contributed by atoms with Gasteiger partial charge in [-0.05, 0) is 88.7 Å². The average molecular weight is 680 g/mol. The third kappa shape index (κ3) is 8.56. The highest BCUT2D eigenvalue weighted by Crippen LogP contribution is 2.38. The number of nitrogens with zero attached hydrogens (tertiary/aromatic N) is 4. The Morgan fingerprint density at radius 3 is 2.62 bits per heavy atom. The molecule has 11 nitrogen and oxygen atoms in total. The Balaban J connectivity index is 1.41. The van der Waals surface area contributed by atoms with Crippen molar-refractivity contribution in [3.05, 3.63) is 71.8 Å². The van der Waals surface area contributed by atoms with E-state index in [9.17, 15) is 13.2 Å². The van der Waals surface area contributed by atoms with Gasteiger partial charge >= 0.3 is 6.09 Å². The Kier molecular flexibility index (Phi) is 10.5. The topological polar surface area (TPSA) is 133 Å². The molecule has 0 spiro atoms. The van der Waals surface area contributed by atoms with E-state index < -0.39 is 33.1 Å². The molecule has 1 fully saturated rings. The van der Waals surface area contributed by atoms with Crippen molar-refractivity contribution in [3.63, 3.8) is 0 Å². The summed E-state index contributed by atoms with van der Waals surface area (Å²) in [5.74, 6) is -0.243. The lowest BCUT2D eigenvalue weighted by Gasteiger charge is -2.34. The van der Waals surface area contributed by atoms with Crippen LogP contribution in [0.1, 0.15) is 51.7 Å². The van der Waals surface area contributed by atoms with Gasteiger partial charge in [-0.1, -0.05) is 12.1 Å². The monoisotopic (exact) mass is 679 g/mol. The van der Waals surface area contributed by atoms with Crippen LogP contribution >= 0.6 is 0 Å². The zero-order chi connectivity index (χ0) is 34.6. The highest BCUT2D eigenvalue weighted by atomic mass is 32.2. The van der Waals surface area contributed by atoms with Gasteiger partial charge in [0.05, 0.1) is 28.9 Å². The van der Waals surface area contributed by atoms with Crippen molar-refractivity contribution in [2.75, 3.05) is 31.3 Å². The fourth-order valence-corrected chi connectivity index (χ4v) is 7.32. The summed E-state index contributed by atoms with van der Waals surface area (Å²) < 4.78 is 58.1. The summed E-state index contributed by atoms with van der Waals surface area (Å²) in [6.45, 7) is 10.1. The lowest BCUT2D eigenvalue weighted by atomic mass is 10.0. The molecule has 0 radical (unpaired) electrons. The number of nitrogens with one attached hydrogen (secondary N) is 1. The molecule has 2 aromatic carbocycles. The average Bonchev–Trinajstić information content (AvgIpc) is 3.03. The van der Waals surface area contributed by atoms with E-state index in [1.807, 2.05) is 33.8 Å². The number of fused-ring (bicyclic) bond motifs is 1. The fraction of sp³-hybridized carbons (Fsp3) is 0.429. The second-order valence-corrected chi connectivity index (χ2v) is 15.2. The maximum Gasteiger partial charge on any atom is 0.410 e. The Bertz CT molecular complexity index is 1900. The van der Waals surface area contributed by atoms with E-state index in [1.54, 1.807) is 54.5 Å². The summed E-state index contributed by atoms with van der Waals surface area (Å²) in [6.07, 6.45) is 4.01. The van der Waals surface area contributed by atoms with E-state index in [2.05, 4.69) is 15.3 Å². The number of amides is 1. The first-order chi connectivity index (χ1) is 22.7.